The maximum atomic E-state index is 14.1. The molecule has 0 saturated heterocycles. The van der Waals surface area contributed by atoms with Crippen LogP contribution in [0.4, 0.5) is 0 Å². The minimum absolute atomic E-state index is 0.0409. The number of nitrogens with two attached hydrogens (primary N) is 1. The number of nitrogens with zero attached hydrogens (tertiary/aromatic N) is 1. The first kappa shape index (κ1) is 40.4. The summed E-state index contributed by atoms with van der Waals surface area (Å²) in [7, 11) is -1.59. The number of aryl methyl sites for hydroxylation is 2. The fraction of sp³-hybridized carbons (Fsp3) is 0.390. The highest BCUT2D eigenvalue weighted by atomic mass is 35.5. The van der Waals surface area contributed by atoms with Crippen LogP contribution >= 0.6 is 23.2 Å². The van der Waals surface area contributed by atoms with E-state index in [1.807, 2.05) is 48.2 Å². The molecule has 9 nitrogen and oxygen atoms in total. The first-order valence-corrected chi connectivity index (χ1v) is 20.4. The summed E-state index contributed by atoms with van der Waals surface area (Å²) in [4.78, 5) is 16.3. The zero-order valence-corrected chi connectivity index (χ0v) is 32.8. The third kappa shape index (κ3) is 12.1. The molecule has 1 unspecified atom stereocenters. The molecule has 2 N–H and O–H groups in total. The first-order valence-electron chi connectivity index (χ1n) is 17.8. The van der Waals surface area contributed by atoms with Crippen LogP contribution in [-0.4, -0.2) is 65.0 Å². The van der Waals surface area contributed by atoms with Crippen LogP contribution in [0.1, 0.15) is 47.1 Å². The minimum atomic E-state index is -3.28. The summed E-state index contributed by atoms with van der Waals surface area (Å²) in [6.07, 6.45) is 5.27. The largest absolute Gasteiger partial charge is 0.490 e. The molecule has 1 fully saturated rings. The van der Waals surface area contributed by atoms with Crippen molar-refractivity contribution in [1.29, 1.82) is 0 Å². The quantitative estimate of drug-likeness (QED) is 0.0911. The molecule has 0 radical (unpaired) electrons. The van der Waals surface area contributed by atoms with Gasteiger partial charge in [-0.3, -0.25) is 4.79 Å². The van der Waals surface area contributed by atoms with Crippen molar-refractivity contribution >= 4 is 38.9 Å². The molecule has 1 saturated carbocycles. The smallest absolute Gasteiger partial charge is 0.227 e. The summed E-state index contributed by atoms with van der Waals surface area (Å²) in [6.45, 7) is 4.09. The standard InChI is InChI=1S/C41H48Cl2N2O7S/c1-28-19-38(42)40(39(43)20-28)51-18-17-50-35-12-6-29(7-13-35)22-33(25-44)41(46)45(34-10-11-34)26-32-21-31(5-4-16-49-2)23-36(24-32)52-27-30-8-14-37(15-9-30)53(3,47)48/h6-9,12-15,19-21,23-24,33-34H,4-5,10-11,16-18,22,25-27,44H2,1-3H3. The Bertz CT molecular complexity index is 1910. The molecule has 53 heavy (non-hydrogen) atoms. The Kier molecular flexibility index (Phi) is 14.5. The van der Waals surface area contributed by atoms with E-state index < -0.39 is 9.84 Å². The molecule has 284 valence electrons. The Hall–Kier alpha value is -3.80. The van der Waals surface area contributed by atoms with Crippen LogP contribution in [-0.2, 0) is 45.4 Å². The maximum absolute atomic E-state index is 14.1. The van der Waals surface area contributed by atoms with Gasteiger partial charge in [0.05, 0.1) is 20.9 Å². The normalized spacial score (nSPS) is 13.4. The van der Waals surface area contributed by atoms with Crippen LogP contribution in [0.5, 0.6) is 17.2 Å². The first-order chi connectivity index (χ1) is 25.4. The highest BCUT2D eigenvalue weighted by Gasteiger charge is 2.35. The molecule has 5 rings (SSSR count). The van der Waals surface area contributed by atoms with Crippen molar-refractivity contribution in [2.24, 2.45) is 11.7 Å². The van der Waals surface area contributed by atoms with Gasteiger partial charge in [0.15, 0.2) is 15.6 Å². The van der Waals surface area contributed by atoms with E-state index in [0.717, 1.165) is 53.5 Å². The van der Waals surface area contributed by atoms with Crippen LogP contribution in [0.25, 0.3) is 0 Å². The number of hydrogen-bond donors (Lipinski definition) is 1. The molecule has 1 amide bonds. The van der Waals surface area contributed by atoms with Gasteiger partial charge < -0.3 is 29.6 Å². The average Bonchev–Trinajstić information content (AvgIpc) is 3.97. The predicted octanol–water partition coefficient (Wildman–Crippen LogP) is 7.63. The van der Waals surface area contributed by atoms with Crippen molar-refractivity contribution in [3.8, 4) is 17.2 Å². The van der Waals surface area contributed by atoms with E-state index in [-0.39, 0.29) is 42.5 Å². The maximum Gasteiger partial charge on any atom is 0.227 e. The highest BCUT2D eigenvalue weighted by molar-refractivity contribution is 7.90. The number of amides is 1. The number of methoxy groups -OCH3 is 1. The van der Waals surface area contributed by atoms with Crippen molar-refractivity contribution in [2.45, 2.75) is 63.1 Å². The van der Waals surface area contributed by atoms with Crippen LogP contribution < -0.4 is 19.9 Å². The van der Waals surface area contributed by atoms with Gasteiger partial charge in [-0.05, 0) is 115 Å². The lowest BCUT2D eigenvalue weighted by atomic mass is 9.97. The van der Waals surface area contributed by atoms with Gasteiger partial charge in [-0.2, -0.15) is 0 Å². The van der Waals surface area contributed by atoms with Crippen LogP contribution in [0, 0.1) is 12.8 Å². The average molecular weight is 784 g/mol. The molecule has 12 heteroatoms. The lowest BCUT2D eigenvalue weighted by Crippen LogP contribution is -2.41. The van der Waals surface area contributed by atoms with Gasteiger partial charge >= 0.3 is 0 Å². The van der Waals surface area contributed by atoms with E-state index in [1.54, 1.807) is 43.5 Å². The Labute approximate surface area is 323 Å². The molecule has 1 atom stereocenters. The summed E-state index contributed by atoms with van der Waals surface area (Å²) < 4.78 is 46.9. The number of hydrogen-bond acceptors (Lipinski definition) is 8. The van der Waals surface area contributed by atoms with Crippen LogP contribution in [0.15, 0.2) is 83.8 Å². The lowest BCUT2D eigenvalue weighted by Gasteiger charge is -2.28. The van der Waals surface area contributed by atoms with Crippen molar-refractivity contribution in [3.63, 3.8) is 0 Å². The molecule has 0 aliphatic heterocycles. The third-order valence-corrected chi connectivity index (χ3v) is 10.7. The topological polar surface area (TPSA) is 117 Å². The Morgan fingerprint density at radius 3 is 2.09 bits per heavy atom. The molecule has 0 aromatic heterocycles. The molecule has 4 aromatic rings. The van der Waals surface area contributed by atoms with Gasteiger partial charge in [0.25, 0.3) is 0 Å². The van der Waals surface area contributed by atoms with Gasteiger partial charge in [0, 0.05) is 39.1 Å². The molecule has 4 aromatic carbocycles. The van der Waals surface area contributed by atoms with Gasteiger partial charge in [-0.25, -0.2) is 8.42 Å². The number of ether oxygens (including phenoxy) is 4. The van der Waals surface area contributed by atoms with Crippen molar-refractivity contribution in [2.75, 3.05) is 39.7 Å². The lowest BCUT2D eigenvalue weighted by molar-refractivity contribution is -0.136. The monoisotopic (exact) mass is 782 g/mol. The predicted molar refractivity (Wildman–Crippen MR) is 209 cm³/mol. The van der Waals surface area contributed by atoms with E-state index in [0.29, 0.717) is 53.5 Å². The Morgan fingerprint density at radius 1 is 0.830 bits per heavy atom. The van der Waals surface area contributed by atoms with Gasteiger partial charge in [0.2, 0.25) is 5.91 Å². The molecular weight excluding hydrogens is 735 g/mol. The number of benzene rings is 4. The number of sulfone groups is 1. The summed E-state index contributed by atoms with van der Waals surface area (Å²) >= 11 is 12.5. The second-order valence-corrected chi connectivity index (χ2v) is 16.3. The number of rotatable bonds is 20. The molecule has 0 spiro atoms. The zero-order chi connectivity index (χ0) is 38.0. The SMILES string of the molecule is COCCCc1cc(CN(C(=O)C(CN)Cc2ccc(OCCOc3c(Cl)cc(C)cc3Cl)cc2)C2CC2)cc(OCc2ccc(S(C)(=O)=O)cc2)c1. The fourth-order valence-electron chi connectivity index (χ4n) is 6.08. The van der Waals surface area contributed by atoms with Gasteiger partial charge in [-0.15, -0.1) is 0 Å². The molecule has 1 aliphatic rings. The second-order valence-electron chi connectivity index (χ2n) is 13.5. The van der Waals surface area contributed by atoms with E-state index >= 15 is 0 Å². The molecule has 0 heterocycles. The fourth-order valence-corrected chi connectivity index (χ4v) is 7.41. The number of carbonyl (C=O) groups is 1. The summed E-state index contributed by atoms with van der Waals surface area (Å²) in [5.74, 6) is 1.48. The third-order valence-electron chi connectivity index (χ3n) is 9.00. The minimum Gasteiger partial charge on any atom is -0.490 e. The van der Waals surface area contributed by atoms with E-state index in [1.165, 1.54) is 6.26 Å². The van der Waals surface area contributed by atoms with Gasteiger partial charge in [0.1, 0.15) is 31.3 Å². The number of carbonyl (C=O) groups excluding carboxylic acids is 1. The summed E-state index contributed by atoms with van der Waals surface area (Å²) in [5, 5.41) is 0.920. The molecular formula is C41H48Cl2N2O7S. The highest BCUT2D eigenvalue weighted by Crippen LogP contribution is 2.34. The van der Waals surface area contributed by atoms with E-state index in [9.17, 15) is 13.2 Å². The molecule has 1 aliphatic carbocycles. The zero-order valence-electron chi connectivity index (χ0n) is 30.5. The Balaban J connectivity index is 1.20. The summed E-state index contributed by atoms with van der Waals surface area (Å²) in [6, 6.07) is 24.3. The van der Waals surface area contributed by atoms with Crippen molar-refractivity contribution in [3.05, 3.63) is 117 Å². The van der Waals surface area contributed by atoms with Crippen molar-refractivity contribution < 1.29 is 32.2 Å². The van der Waals surface area contributed by atoms with Crippen LogP contribution in [0.3, 0.4) is 0 Å². The molecule has 0 bridgehead atoms. The van der Waals surface area contributed by atoms with E-state index in [2.05, 4.69) is 6.07 Å². The van der Waals surface area contributed by atoms with E-state index in [4.69, 9.17) is 47.9 Å². The summed E-state index contributed by atoms with van der Waals surface area (Å²) in [5.41, 5.74) is 11.1. The van der Waals surface area contributed by atoms with Crippen molar-refractivity contribution in [1.82, 2.24) is 4.90 Å². The number of halogens is 2. The van der Waals surface area contributed by atoms with Crippen LogP contribution in [0.2, 0.25) is 10.0 Å². The van der Waals surface area contributed by atoms with Gasteiger partial charge in [-0.1, -0.05) is 53.5 Å². The Morgan fingerprint density at radius 2 is 1.47 bits per heavy atom. The second kappa shape index (κ2) is 19.0.